The monoisotopic (exact) mass is 449 g/mol. The summed E-state index contributed by atoms with van der Waals surface area (Å²) in [6, 6.07) is 7.54. The van der Waals surface area contributed by atoms with Crippen LogP contribution < -0.4 is 10.3 Å². The summed E-state index contributed by atoms with van der Waals surface area (Å²) in [4.78, 5) is 36.0. The molecule has 8 nitrogen and oxygen atoms in total. The molecule has 3 heterocycles. The second-order valence-electron chi connectivity index (χ2n) is 9.29. The van der Waals surface area contributed by atoms with Crippen LogP contribution in [0.2, 0.25) is 0 Å². The average Bonchev–Trinajstić information content (AvgIpc) is 3.21. The smallest absolute Gasteiger partial charge is 0.262 e. The summed E-state index contributed by atoms with van der Waals surface area (Å²) in [5, 5.41) is 5.30. The summed E-state index contributed by atoms with van der Waals surface area (Å²) in [6.07, 6.45) is 7.53. The highest BCUT2D eigenvalue weighted by Gasteiger charge is 2.29. The van der Waals surface area contributed by atoms with Crippen LogP contribution in [-0.2, 0) is 0 Å². The summed E-state index contributed by atoms with van der Waals surface area (Å²) in [5.74, 6) is 1.29. The van der Waals surface area contributed by atoms with Gasteiger partial charge >= 0.3 is 0 Å². The van der Waals surface area contributed by atoms with Crippen LogP contribution in [0.1, 0.15) is 78.8 Å². The minimum absolute atomic E-state index is 0.0135. The lowest BCUT2D eigenvalue weighted by molar-refractivity contribution is 0.0704. The number of amides is 1. The number of hydrogen-bond acceptors (Lipinski definition) is 5. The number of fused-ring (bicyclic) bond motifs is 1. The Morgan fingerprint density at radius 1 is 1.15 bits per heavy atom. The number of aromatic nitrogens is 4. The summed E-state index contributed by atoms with van der Waals surface area (Å²) < 4.78 is 7.26. The minimum atomic E-state index is -0.134. The van der Waals surface area contributed by atoms with Crippen LogP contribution in [-0.4, -0.2) is 50.8 Å². The predicted molar refractivity (Wildman–Crippen MR) is 126 cm³/mol. The number of aryl methyl sites for hydroxylation is 1. The maximum absolute atomic E-state index is 13.2. The van der Waals surface area contributed by atoms with Crippen molar-refractivity contribution in [1.29, 1.82) is 0 Å². The van der Waals surface area contributed by atoms with E-state index in [-0.39, 0.29) is 17.4 Å². The number of carbonyl (C=O) groups excluding carboxylic acids is 1. The largest absolute Gasteiger partial charge is 0.497 e. The second-order valence-corrected chi connectivity index (χ2v) is 9.29. The molecule has 0 bridgehead atoms. The number of rotatable bonds is 4. The lowest BCUT2D eigenvalue weighted by Crippen LogP contribution is -2.40. The molecule has 1 saturated heterocycles. The molecule has 1 aliphatic carbocycles. The van der Waals surface area contributed by atoms with Crippen LogP contribution in [0.25, 0.3) is 11.0 Å². The molecule has 8 heteroatoms. The molecule has 1 amide bonds. The van der Waals surface area contributed by atoms with E-state index < -0.39 is 0 Å². The van der Waals surface area contributed by atoms with Crippen LogP contribution in [0.15, 0.2) is 29.1 Å². The maximum atomic E-state index is 13.2. The number of piperidine rings is 1. The molecule has 2 fully saturated rings. The van der Waals surface area contributed by atoms with Gasteiger partial charge in [0.1, 0.15) is 17.0 Å². The van der Waals surface area contributed by atoms with Gasteiger partial charge in [-0.3, -0.25) is 9.59 Å². The van der Waals surface area contributed by atoms with Crippen molar-refractivity contribution in [1.82, 2.24) is 24.6 Å². The average molecular weight is 450 g/mol. The number of aromatic amines is 1. The van der Waals surface area contributed by atoms with Crippen molar-refractivity contribution in [3.8, 4) is 5.75 Å². The number of methoxy groups -OCH3 is 1. The Morgan fingerprint density at radius 3 is 2.76 bits per heavy atom. The summed E-state index contributed by atoms with van der Waals surface area (Å²) in [7, 11) is 1.60. The third-order valence-electron chi connectivity index (χ3n) is 7.09. The van der Waals surface area contributed by atoms with Crippen molar-refractivity contribution in [3.05, 3.63) is 51.7 Å². The first kappa shape index (κ1) is 21.7. The quantitative estimate of drug-likeness (QED) is 0.651. The van der Waals surface area contributed by atoms with E-state index in [1.54, 1.807) is 13.2 Å². The van der Waals surface area contributed by atoms with E-state index >= 15 is 0 Å². The fourth-order valence-corrected chi connectivity index (χ4v) is 5.33. The standard InChI is InChI=1S/C25H31N5O3/c1-16-21-23(30(28-16)19-10-4-3-5-11-19)26-22(27-24(21)31)18-9-7-13-29(15-18)25(32)17-8-6-12-20(14-17)33-2/h6,8,12,14,18-19H,3-5,7,9-11,13,15H2,1-2H3,(H,26,27,31). The number of hydrogen-bond donors (Lipinski definition) is 1. The molecule has 33 heavy (non-hydrogen) atoms. The van der Waals surface area contributed by atoms with Gasteiger partial charge in [0.05, 0.1) is 18.8 Å². The van der Waals surface area contributed by atoms with Gasteiger partial charge in [0.2, 0.25) is 0 Å². The molecule has 2 aromatic heterocycles. The van der Waals surface area contributed by atoms with Crippen molar-refractivity contribution >= 4 is 16.9 Å². The van der Waals surface area contributed by atoms with Gasteiger partial charge in [-0.1, -0.05) is 25.3 Å². The van der Waals surface area contributed by atoms with Gasteiger partial charge in [0.15, 0.2) is 5.65 Å². The molecule has 1 unspecified atom stereocenters. The number of H-pyrrole nitrogens is 1. The van der Waals surface area contributed by atoms with E-state index in [2.05, 4.69) is 4.98 Å². The Morgan fingerprint density at radius 2 is 1.97 bits per heavy atom. The lowest BCUT2D eigenvalue weighted by atomic mass is 9.95. The Labute approximate surface area is 193 Å². The van der Waals surface area contributed by atoms with Crippen LogP contribution in [0.5, 0.6) is 5.75 Å². The Balaban J connectivity index is 1.44. The summed E-state index contributed by atoms with van der Waals surface area (Å²) in [5.41, 5.74) is 1.90. The fourth-order valence-electron chi connectivity index (χ4n) is 5.33. The highest BCUT2D eigenvalue weighted by atomic mass is 16.5. The summed E-state index contributed by atoms with van der Waals surface area (Å²) >= 11 is 0. The maximum Gasteiger partial charge on any atom is 0.262 e. The SMILES string of the molecule is COc1cccc(C(=O)N2CCCC(c3nc4c(c(C)nn4C4CCCCC4)c(=O)[nH]3)C2)c1. The second kappa shape index (κ2) is 9.00. The predicted octanol–water partition coefficient (Wildman–Crippen LogP) is 3.96. The van der Waals surface area contributed by atoms with Crippen LogP contribution in [0, 0.1) is 6.92 Å². The molecular formula is C25H31N5O3. The van der Waals surface area contributed by atoms with Gasteiger partial charge in [0, 0.05) is 24.6 Å². The van der Waals surface area contributed by atoms with E-state index in [4.69, 9.17) is 14.8 Å². The normalized spacial score (nSPS) is 19.7. The molecule has 1 aliphatic heterocycles. The molecule has 3 aromatic rings. The van der Waals surface area contributed by atoms with E-state index in [0.717, 1.165) is 31.4 Å². The van der Waals surface area contributed by atoms with Crippen molar-refractivity contribution in [2.24, 2.45) is 0 Å². The van der Waals surface area contributed by atoms with Gasteiger partial charge in [0.25, 0.3) is 11.5 Å². The first-order valence-corrected chi connectivity index (χ1v) is 12.0. The first-order valence-electron chi connectivity index (χ1n) is 12.0. The Kier molecular flexibility index (Phi) is 5.91. The molecule has 1 aromatic carbocycles. The lowest BCUT2D eigenvalue weighted by Gasteiger charge is -2.32. The Bertz CT molecular complexity index is 1220. The zero-order valence-electron chi connectivity index (χ0n) is 19.3. The molecule has 1 atom stereocenters. The number of likely N-dealkylation sites (tertiary alicyclic amines) is 1. The molecule has 174 valence electrons. The minimum Gasteiger partial charge on any atom is -0.497 e. The highest BCUT2D eigenvalue weighted by molar-refractivity contribution is 5.94. The number of nitrogens with zero attached hydrogens (tertiary/aromatic N) is 4. The Hall–Kier alpha value is -3.16. The van der Waals surface area contributed by atoms with Crippen molar-refractivity contribution in [2.45, 2.75) is 63.8 Å². The number of carbonyl (C=O) groups is 1. The van der Waals surface area contributed by atoms with Gasteiger partial charge in [-0.2, -0.15) is 5.10 Å². The summed E-state index contributed by atoms with van der Waals surface area (Å²) in [6.45, 7) is 3.10. The highest BCUT2D eigenvalue weighted by Crippen LogP contribution is 2.31. The number of ether oxygens (including phenoxy) is 1. The van der Waals surface area contributed by atoms with E-state index in [1.165, 1.54) is 19.3 Å². The molecule has 5 rings (SSSR count). The molecular weight excluding hydrogens is 418 g/mol. The van der Waals surface area contributed by atoms with E-state index in [1.807, 2.05) is 34.7 Å². The van der Waals surface area contributed by atoms with Crippen molar-refractivity contribution < 1.29 is 9.53 Å². The van der Waals surface area contributed by atoms with Crippen LogP contribution in [0.4, 0.5) is 0 Å². The zero-order chi connectivity index (χ0) is 22.9. The third kappa shape index (κ3) is 4.14. The van der Waals surface area contributed by atoms with Crippen LogP contribution in [0.3, 0.4) is 0 Å². The molecule has 2 aliphatic rings. The molecule has 0 radical (unpaired) electrons. The van der Waals surface area contributed by atoms with Crippen molar-refractivity contribution in [2.75, 3.05) is 20.2 Å². The third-order valence-corrected chi connectivity index (χ3v) is 7.09. The van der Waals surface area contributed by atoms with Gasteiger partial charge < -0.3 is 14.6 Å². The van der Waals surface area contributed by atoms with Gasteiger partial charge in [-0.15, -0.1) is 0 Å². The van der Waals surface area contributed by atoms with Gasteiger partial charge in [-0.05, 0) is 50.8 Å². The molecule has 1 saturated carbocycles. The zero-order valence-corrected chi connectivity index (χ0v) is 19.3. The first-order chi connectivity index (χ1) is 16.0. The van der Waals surface area contributed by atoms with E-state index in [9.17, 15) is 9.59 Å². The van der Waals surface area contributed by atoms with Crippen LogP contribution >= 0.6 is 0 Å². The molecule has 0 spiro atoms. The topological polar surface area (TPSA) is 93.1 Å². The fraction of sp³-hybridized carbons (Fsp3) is 0.520. The number of nitrogens with one attached hydrogen (secondary N) is 1. The molecule has 1 N–H and O–H groups in total. The number of benzene rings is 1. The van der Waals surface area contributed by atoms with Crippen molar-refractivity contribution in [3.63, 3.8) is 0 Å². The van der Waals surface area contributed by atoms with E-state index in [0.29, 0.717) is 47.3 Å². The van der Waals surface area contributed by atoms with Gasteiger partial charge in [-0.25, -0.2) is 9.67 Å².